The van der Waals surface area contributed by atoms with E-state index in [1.807, 2.05) is 58.1 Å². The molecule has 2 aromatic carbocycles. The van der Waals surface area contributed by atoms with E-state index in [0.717, 1.165) is 5.57 Å². The Balaban J connectivity index is 2.08. The van der Waals surface area contributed by atoms with Crippen molar-refractivity contribution in [1.82, 2.24) is 0 Å². The fourth-order valence-corrected chi connectivity index (χ4v) is 4.28. The molecule has 0 amide bonds. The number of fused-ring (bicyclic) bond motifs is 3. The van der Waals surface area contributed by atoms with Gasteiger partial charge < -0.3 is 28.5 Å². The lowest BCUT2D eigenvalue weighted by molar-refractivity contribution is 0.158. The third-order valence-corrected chi connectivity index (χ3v) is 6.10. The molecule has 0 saturated carbocycles. The molecule has 0 radical (unpaired) electrons. The summed E-state index contributed by atoms with van der Waals surface area (Å²) >= 11 is 0. The summed E-state index contributed by atoms with van der Waals surface area (Å²) in [6.07, 6.45) is 9.73. The molecule has 1 aliphatic heterocycles. The van der Waals surface area contributed by atoms with Crippen molar-refractivity contribution in [2.24, 2.45) is 0 Å². The first-order chi connectivity index (χ1) is 17.6. The molecular formula is C30H32O7. The number of allylic oxidation sites excluding steroid dienone is 4. The average molecular weight is 505 g/mol. The summed E-state index contributed by atoms with van der Waals surface area (Å²) in [5.41, 5.74) is 1.91. The molecule has 194 valence electrons. The lowest BCUT2D eigenvalue weighted by Gasteiger charge is -2.28. The van der Waals surface area contributed by atoms with E-state index in [0.29, 0.717) is 45.4 Å². The van der Waals surface area contributed by atoms with E-state index in [-0.39, 0.29) is 28.6 Å². The molecule has 1 aromatic heterocycles. The highest BCUT2D eigenvalue weighted by Gasteiger charge is 2.29. The number of ether oxygens (including phenoxy) is 4. The highest BCUT2D eigenvalue weighted by molar-refractivity contribution is 5.95. The van der Waals surface area contributed by atoms with Gasteiger partial charge in [0.05, 0.1) is 32.5 Å². The van der Waals surface area contributed by atoms with Gasteiger partial charge in [0.1, 0.15) is 34.0 Å². The second kappa shape index (κ2) is 10.1. The first-order valence-electron chi connectivity index (χ1n) is 11.9. The molecule has 0 unspecified atom stereocenters. The minimum absolute atomic E-state index is 0.0977. The van der Waals surface area contributed by atoms with Crippen LogP contribution in [0.4, 0.5) is 0 Å². The molecule has 7 heteroatoms. The maximum Gasteiger partial charge on any atom is 0.200 e. The van der Waals surface area contributed by atoms with Gasteiger partial charge in [-0.1, -0.05) is 23.8 Å². The van der Waals surface area contributed by atoms with Crippen molar-refractivity contribution < 1.29 is 28.5 Å². The molecule has 37 heavy (non-hydrogen) atoms. The van der Waals surface area contributed by atoms with E-state index < -0.39 is 5.60 Å². The fourth-order valence-electron chi connectivity index (χ4n) is 4.28. The fraction of sp³-hybridized carbons (Fsp3) is 0.300. The van der Waals surface area contributed by atoms with Crippen LogP contribution in [0, 0.1) is 0 Å². The van der Waals surface area contributed by atoms with Gasteiger partial charge in [0, 0.05) is 17.7 Å². The van der Waals surface area contributed by atoms with Gasteiger partial charge in [-0.25, -0.2) is 0 Å². The predicted octanol–water partition coefficient (Wildman–Crippen LogP) is 6.44. The van der Waals surface area contributed by atoms with E-state index in [9.17, 15) is 9.90 Å². The summed E-state index contributed by atoms with van der Waals surface area (Å²) in [5, 5.41) is 11.0. The summed E-state index contributed by atoms with van der Waals surface area (Å²) in [6, 6.07) is 4.87. The zero-order valence-corrected chi connectivity index (χ0v) is 22.2. The van der Waals surface area contributed by atoms with Gasteiger partial charge in [-0.3, -0.25) is 4.79 Å². The van der Waals surface area contributed by atoms with E-state index in [1.54, 1.807) is 12.1 Å². The largest absolute Gasteiger partial charge is 0.507 e. The number of rotatable bonds is 7. The SMILES string of the molecule is COc1cc(OC)c(-c2oc3c4c(cc(O)c3c(=O)c2C/C=C/C=C(C)C)OC(C)(C)C=C4)cc1OC. The molecule has 1 N–H and O–H groups in total. The Morgan fingerprint density at radius 3 is 2.35 bits per heavy atom. The van der Waals surface area contributed by atoms with E-state index in [2.05, 4.69) is 0 Å². The van der Waals surface area contributed by atoms with E-state index in [4.69, 9.17) is 23.4 Å². The summed E-state index contributed by atoms with van der Waals surface area (Å²) in [4.78, 5) is 13.9. The van der Waals surface area contributed by atoms with Crippen LogP contribution in [0.3, 0.4) is 0 Å². The van der Waals surface area contributed by atoms with Gasteiger partial charge in [0.15, 0.2) is 17.1 Å². The smallest absolute Gasteiger partial charge is 0.200 e. The Morgan fingerprint density at radius 2 is 1.70 bits per heavy atom. The van der Waals surface area contributed by atoms with Crippen LogP contribution in [0.5, 0.6) is 28.7 Å². The van der Waals surface area contributed by atoms with Crippen molar-refractivity contribution in [2.75, 3.05) is 21.3 Å². The quantitative estimate of drug-likeness (QED) is 0.371. The first-order valence-corrected chi connectivity index (χ1v) is 11.9. The first kappa shape index (κ1) is 25.9. The van der Waals surface area contributed by atoms with Gasteiger partial charge in [-0.05, 0) is 52.3 Å². The van der Waals surface area contributed by atoms with E-state index in [1.165, 1.54) is 27.4 Å². The Labute approximate surface area is 216 Å². The van der Waals surface area contributed by atoms with Crippen LogP contribution in [0.25, 0.3) is 28.4 Å². The van der Waals surface area contributed by atoms with Crippen LogP contribution in [0.2, 0.25) is 0 Å². The number of methoxy groups -OCH3 is 3. The van der Waals surface area contributed by atoms with E-state index >= 15 is 0 Å². The lowest BCUT2D eigenvalue weighted by Crippen LogP contribution is -2.27. The van der Waals surface area contributed by atoms with Gasteiger partial charge in [0.25, 0.3) is 0 Å². The van der Waals surface area contributed by atoms with Gasteiger partial charge in [-0.15, -0.1) is 0 Å². The molecule has 7 nitrogen and oxygen atoms in total. The number of phenolic OH excluding ortho intramolecular Hbond substituents is 1. The third-order valence-electron chi connectivity index (χ3n) is 6.10. The minimum Gasteiger partial charge on any atom is -0.507 e. The molecule has 0 saturated heterocycles. The van der Waals surface area contributed by atoms with Crippen LogP contribution in [0.1, 0.15) is 38.8 Å². The Morgan fingerprint density at radius 1 is 1.03 bits per heavy atom. The zero-order chi connectivity index (χ0) is 26.9. The lowest BCUT2D eigenvalue weighted by atomic mass is 9.96. The van der Waals surface area contributed by atoms with Gasteiger partial charge in [-0.2, -0.15) is 0 Å². The Bertz CT molecular complexity index is 1500. The van der Waals surface area contributed by atoms with Crippen molar-refractivity contribution in [3.05, 3.63) is 69.4 Å². The van der Waals surface area contributed by atoms with Crippen molar-refractivity contribution in [2.45, 2.75) is 39.7 Å². The molecule has 4 rings (SSSR count). The van der Waals surface area contributed by atoms with Crippen LogP contribution in [-0.2, 0) is 6.42 Å². The number of aromatic hydroxyl groups is 1. The van der Waals surface area contributed by atoms with Crippen LogP contribution >= 0.6 is 0 Å². The standard InChI is InChI=1S/C30H32O7/c1-17(2)10-8-9-11-19-27(32)26-21(31)15-23-18(12-13-30(3,4)37-23)29(26)36-28(19)20-14-24(34-6)25(35-7)16-22(20)33-5/h8-10,12-16,31H,11H2,1-7H3/b9-8+. The zero-order valence-electron chi connectivity index (χ0n) is 22.2. The molecule has 0 spiro atoms. The molecule has 3 aromatic rings. The molecule has 0 atom stereocenters. The summed E-state index contributed by atoms with van der Waals surface area (Å²) in [7, 11) is 4.60. The number of hydrogen-bond donors (Lipinski definition) is 1. The van der Waals surface area contributed by atoms with Crippen LogP contribution in [-0.4, -0.2) is 32.0 Å². The second-order valence-electron chi connectivity index (χ2n) is 9.57. The number of phenols is 1. The minimum atomic E-state index is -0.571. The van der Waals surface area contributed by atoms with Crippen LogP contribution < -0.4 is 24.4 Å². The van der Waals surface area contributed by atoms with Crippen molar-refractivity contribution in [3.8, 4) is 40.1 Å². The van der Waals surface area contributed by atoms with Crippen molar-refractivity contribution >= 4 is 17.0 Å². The highest BCUT2D eigenvalue weighted by Crippen LogP contribution is 2.45. The van der Waals surface area contributed by atoms with Gasteiger partial charge in [0.2, 0.25) is 5.43 Å². The molecule has 1 aliphatic rings. The normalized spacial score (nSPS) is 13.8. The van der Waals surface area contributed by atoms with Crippen LogP contribution in [0.15, 0.2) is 57.3 Å². The Hall–Kier alpha value is -4.13. The highest BCUT2D eigenvalue weighted by atomic mass is 16.5. The van der Waals surface area contributed by atoms with Crippen molar-refractivity contribution in [1.29, 1.82) is 0 Å². The van der Waals surface area contributed by atoms with Gasteiger partial charge >= 0.3 is 0 Å². The third kappa shape index (κ3) is 4.94. The average Bonchev–Trinajstić information content (AvgIpc) is 2.85. The van der Waals surface area contributed by atoms with Crippen molar-refractivity contribution in [3.63, 3.8) is 0 Å². The predicted molar refractivity (Wildman–Crippen MR) is 145 cm³/mol. The molecule has 0 aliphatic carbocycles. The molecule has 0 fully saturated rings. The molecule has 2 heterocycles. The topological polar surface area (TPSA) is 87.4 Å². The molecule has 0 bridgehead atoms. The number of benzene rings is 2. The Kier molecular flexibility index (Phi) is 7.07. The number of hydrogen-bond acceptors (Lipinski definition) is 7. The summed E-state index contributed by atoms with van der Waals surface area (Å²) in [6.45, 7) is 7.80. The summed E-state index contributed by atoms with van der Waals surface area (Å²) < 4.78 is 29.1. The maximum atomic E-state index is 13.9. The second-order valence-corrected chi connectivity index (χ2v) is 9.57. The monoisotopic (exact) mass is 504 g/mol. The summed E-state index contributed by atoms with van der Waals surface area (Å²) in [5.74, 6) is 1.91. The molecular weight excluding hydrogens is 472 g/mol. The maximum absolute atomic E-state index is 13.9.